The number of hydrogen-bond acceptors (Lipinski definition) is 18. The summed E-state index contributed by atoms with van der Waals surface area (Å²) < 4.78 is 0. The highest BCUT2D eigenvalue weighted by Gasteiger charge is 2.37. The molecule has 12 atom stereocenters. The molecule has 1 aromatic carbocycles. The Morgan fingerprint density at radius 2 is 1.06 bits per heavy atom. The summed E-state index contributed by atoms with van der Waals surface area (Å²) in [6.45, 7) is 6.76. The van der Waals surface area contributed by atoms with Gasteiger partial charge < -0.3 is 97.4 Å². The van der Waals surface area contributed by atoms with E-state index in [-0.39, 0.29) is 90.0 Å². The maximum Gasteiger partial charge on any atom is 0.245 e. The van der Waals surface area contributed by atoms with E-state index in [1.54, 1.807) is 44.2 Å². The summed E-state index contributed by atoms with van der Waals surface area (Å²) in [5, 5.41) is 49.5. The fourth-order valence-electron chi connectivity index (χ4n) is 8.67. The molecule has 2 rings (SSSR count). The molecule has 1 aliphatic heterocycles. The molecular formula is C53H92N16O13. The van der Waals surface area contributed by atoms with Crippen LogP contribution in [0.2, 0.25) is 0 Å². The number of aliphatic hydroxyl groups excluding tert-OH is 2. The van der Waals surface area contributed by atoms with Crippen molar-refractivity contribution in [1.82, 2.24) is 58.5 Å². The second-order valence-corrected chi connectivity index (χ2v) is 20.7. The van der Waals surface area contributed by atoms with Gasteiger partial charge in [0.15, 0.2) is 0 Å². The molecule has 1 aromatic rings. The van der Waals surface area contributed by atoms with E-state index in [0.29, 0.717) is 12.0 Å². The van der Waals surface area contributed by atoms with Gasteiger partial charge in [-0.3, -0.25) is 52.7 Å². The van der Waals surface area contributed by atoms with Gasteiger partial charge in [-0.05, 0) is 109 Å². The number of aliphatic hydroxyl groups is 2. The average molecular weight is 1160 g/mol. The molecule has 1 fully saturated rings. The molecule has 0 aromatic heterocycles. The lowest BCUT2D eigenvalue weighted by molar-refractivity contribution is -0.137. The van der Waals surface area contributed by atoms with Gasteiger partial charge in [0.05, 0.1) is 12.2 Å². The molecule has 11 amide bonds. The van der Waals surface area contributed by atoms with E-state index < -0.39 is 151 Å². The molecule has 1 heterocycles. The largest absolute Gasteiger partial charge is 0.391 e. The van der Waals surface area contributed by atoms with Crippen LogP contribution in [-0.2, 0) is 59.2 Å². The molecule has 1 saturated heterocycles. The van der Waals surface area contributed by atoms with Crippen LogP contribution < -0.4 is 87.2 Å². The van der Waals surface area contributed by atoms with Crippen molar-refractivity contribution >= 4 is 65.0 Å². The number of unbranched alkanes of at least 4 members (excludes halogenated alkanes) is 2. The van der Waals surface area contributed by atoms with Crippen LogP contribution in [-0.4, -0.2) is 187 Å². The number of carbonyl (C=O) groups excluding carboxylic acids is 11. The first-order valence-corrected chi connectivity index (χ1v) is 28.2. The number of amides is 11. The van der Waals surface area contributed by atoms with Crippen LogP contribution in [0, 0.1) is 5.92 Å². The first-order chi connectivity index (χ1) is 38.9. The first-order valence-electron chi connectivity index (χ1n) is 28.2. The van der Waals surface area contributed by atoms with Crippen LogP contribution in [0.1, 0.15) is 111 Å². The maximum atomic E-state index is 14.5. The lowest BCUT2D eigenvalue weighted by Gasteiger charge is -2.29. The number of rotatable bonds is 27. The van der Waals surface area contributed by atoms with E-state index in [9.17, 15) is 63.0 Å². The monoisotopic (exact) mass is 1160 g/mol. The van der Waals surface area contributed by atoms with Crippen molar-refractivity contribution in [1.29, 1.82) is 0 Å². The average Bonchev–Trinajstić information content (AvgIpc) is 3.45. The van der Waals surface area contributed by atoms with Crippen molar-refractivity contribution in [2.75, 3.05) is 39.3 Å². The van der Waals surface area contributed by atoms with Crippen molar-refractivity contribution in [3.05, 3.63) is 35.9 Å². The second kappa shape index (κ2) is 38.0. The highest BCUT2D eigenvalue weighted by Crippen LogP contribution is 2.12. The molecule has 0 spiro atoms. The van der Waals surface area contributed by atoms with E-state index in [1.807, 2.05) is 6.92 Å². The van der Waals surface area contributed by atoms with E-state index in [0.717, 1.165) is 12.8 Å². The van der Waals surface area contributed by atoms with Crippen LogP contribution in [0.15, 0.2) is 30.3 Å². The van der Waals surface area contributed by atoms with Crippen molar-refractivity contribution < 1.29 is 63.0 Å². The fourth-order valence-corrected chi connectivity index (χ4v) is 8.67. The van der Waals surface area contributed by atoms with Crippen LogP contribution >= 0.6 is 0 Å². The third-order valence-electron chi connectivity index (χ3n) is 13.2. The number of hydrogen-bond donors (Lipinski definition) is 18. The molecule has 462 valence electrons. The van der Waals surface area contributed by atoms with E-state index in [1.165, 1.54) is 13.8 Å². The zero-order valence-electron chi connectivity index (χ0n) is 47.9. The summed E-state index contributed by atoms with van der Waals surface area (Å²) >= 11 is 0. The lowest BCUT2D eigenvalue weighted by atomic mass is 10.00. The molecule has 29 heteroatoms. The Balaban J connectivity index is 2.71. The summed E-state index contributed by atoms with van der Waals surface area (Å²) in [4.78, 5) is 153. The minimum absolute atomic E-state index is 0.0164. The quantitative estimate of drug-likeness (QED) is 0.0364. The third kappa shape index (κ3) is 25.1. The smallest absolute Gasteiger partial charge is 0.245 e. The molecule has 23 N–H and O–H groups in total. The predicted molar refractivity (Wildman–Crippen MR) is 302 cm³/mol. The molecule has 0 saturated carbocycles. The summed E-state index contributed by atoms with van der Waals surface area (Å²) in [6.07, 6.45) is -2.16. The molecule has 0 bridgehead atoms. The van der Waals surface area contributed by atoms with Crippen molar-refractivity contribution in [2.45, 2.75) is 184 Å². The van der Waals surface area contributed by atoms with Gasteiger partial charge in [-0.15, -0.1) is 0 Å². The number of benzene rings is 1. The Morgan fingerprint density at radius 1 is 0.573 bits per heavy atom. The summed E-state index contributed by atoms with van der Waals surface area (Å²) in [5.41, 5.74) is 29.8. The van der Waals surface area contributed by atoms with Gasteiger partial charge >= 0.3 is 0 Å². The minimum Gasteiger partial charge on any atom is -0.391 e. The highest BCUT2D eigenvalue weighted by molar-refractivity contribution is 5.99. The van der Waals surface area contributed by atoms with Crippen LogP contribution in [0.3, 0.4) is 0 Å². The van der Waals surface area contributed by atoms with Crippen LogP contribution in [0.25, 0.3) is 0 Å². The molecule has 29 nitrogen and oxygen atoms in total. The lowest BCUT2D eigenvalue weighted by Crippen LogP contribution is -2.62. The Bertz CT molecular complexity index is 2240. The van der Waals surface area contributed by atoms with Crippen molar-refractivity contribution in [3.8, 4) is 0 Å². The zero-order valence-corrected chi connectivity index (χ0v) is 47.9. The van der Waals surface area contributed by atoms with Crippen LogP contribution in [0.4, 0.5) is 0 Å². The van der Waals surface area contributed by atoms with Gasteiger partial charge in [0.1, 0.15) is 60.4 Å². The third-order valence-corrected chi connectivity index (χ3v) is 13.2. The molecule has 1 aliphatic rings. The van der Waals surface area contributed by atoms with Gasteiger partial charge in [0, 0.05) is 19.4 Å². The second-order valence-electron chi connectivity index (χ2n) is 20.7. The Labute approximate surface area is 479 Å². The van der Waals surface area contributed by atoms with E-state index >= 15 is 0 Å². The number of nitrogens with one attached hydrogen (secondary N) is 11. The molecule has 0 unspecified atom stereocenters. The Morgan fingerprint density at radius 3 is 1.56 bits per heavy atom. The maximum absolute atomic E-state index is 14.5. The van der Waals surface area contributed by atoms with E-state index in [4.69, 9.17) is 28.7 Å². The predicted octanol–water partition coefficient (Wildman–Crippen LogP) is -6.27. The normalized spacial score (nSPS) is 22.9. The van der Waals surface area contributed by atoms with Gasteiger partial charge in [0.2, 0.25) is 65.0 Å². The summed E-state index contributed by atoms with van der Waals surface area (Å²) in [6, 6.07) is -6.22. The fraction of sp³-hybridized carbons (Fsp3) is 0.679. The first kappa shape index (κ1) is 71.2. The summed E-state index contributed by atoms with van der Waals surface area (Å²) in [7, 11) is 0. The minimum atomic E-state index is -1.70. The van der Waals surface area contributed by atoms with Gasteiger partial charge in [-0.25, -0.2) is 0 Å². The Kier molecular flexibility index (Phi) is 33.0. The van der Waals surface area contributed by atoms with E-state index in [2.05, 4.69) is 58.5 Å². The number of nitrogens with two attached hydrogens (primary N) is 5. The van der Waals surface area contributed by atoms with Gasteiger partial charge in [0.25, 0.3) is 0 Å². The standard InChI is InChI=1S/C53H92N16O13/c1-6-7-9-14-41(72)60-33(15-21-54)48(77)69-43(31(5)71)53(82)65-36(18-24-57)45(74)64-38-20-26-59-52(81)42(30(4)70)68-49(78)37(19-25-58)62-44(73)34(16-22-55)63-50(79)39(27-29(2)3)66-51(80)40(28-32-12-10-8-11-13-32)67-46(75)35(17-23-56)61-47(38)76/h8,10-13,29-31,33-40,42-43,70-71H,6-7,9,14-28,54-58H2,1-5H3,(H,59,81)(H,60,72)(H,61,76)(H,62,73)(H,63,79)(H,64,74)(H,65,82)(H,66,80)(H,67,75)(H,68,78)(H,69,77)/t30-,31-,33+,34+,35+,36+,37+,38+,39+,40-,42-,43-/m1/s1. The van der Waals surface area contributed by atoms with Crippen LogP contribution in [0.5, 0.6) is 0 Å². The summed E-state index contributed by atoms with van der Waals surface area (Å²) in [5.74, 6) is -9.96. The van der Waals surface area contributed by atoms with Gasteiger partial charge in [-0.2, -0.15) is 0 Å². The number of carbonyl (C=O) groups is 11. The molecule has 0 aliphatic carbocycles. The van der Waals surface area contributed by atoms with Gasteiger partial charge in [-0.1, -0.05) is 63.9 Å². The van der Waals surface area contributed by atoms with Crippen molar-refractivity contribution in [3.63, 3.8) is 0 Å². The molecule has 82 heavy (non-hydrogen) atoms. The molecule has 0 radical (unpaired) electrons. The Hall–Kier alpha value is -6.89. The highest BCUT2D eigenvalue weighted by atomic mass is 16.3. The van der Waals surface area contributed by atoms with Crippen molar-refractivity contribution in [2.24, 2.45) is 34.6 Å². The topological polar surface area (TPSA) is 491 Å². The zero-order chi connectivity index (χ0) is 61.5. The molecular weight excluding hydrogens is 1070 g/mol. The SMILES string of the molecule is CCCCCC(=O)N[C@@H](CCN)C(=O)N[C@@H](C(=O)N[C@@H](CCN)C(=O)N[C@H]1CCNC(=O)[C@@H]([C@@H](C)O)NC(=O)[C@H](CCN)NC(=O)[C@H](CCN)NC(=O)[C@H](CC(C)C)NC(=O)[C@@H](Cc2ccccc2)NC(=O)[C@H](CCN)NC1=O)[C@@H](C)O.